The Hall–Kier alpha value is -9.96. The first-order valence-corrected chi connectivity index (χ1v) is 25.6. The number of rotatable bonds is 10. The molecule has 0 radical (unpaired) electrons. The van der Waals surface area contributed by atoms with Crippen molar-refractivity contribution in [2.45, 2.75) is 0 Å². The first kappa shape index (κ1) is 43.8. The monoisotopic (exact) mass is 956 g/mol. The van der Waals surface area contributed by atoms with E-state index in [9.17, 15) is 0 Å². The second-order valence-corrected chi connectivity index (χ2v) is 19.2. The summed E-state index contributed by atoms with van der Waals surface area (Å²) in [5, 5.41) is 4.79. The van der Waals surface area contributed by atoms with Gasteiger partial charge in [-0.3, -0.25) is 0 Å². The highest BCUT2D eigenvalue weighted by Gasteiger charge is 2.18. The summed E-state index contributed by atoms with van der Waals surface area (Å²) in [4.78, 5) is 2.35. The smallest absolute Gasteiger partial charge is 0.143 e. The molecule has 0 aliphatic carbocycles. The van der Waals surface area contributed by atoms with Crippen LogP contribution in [0.15, 0.2) is 296 Å². The van der Waals surface area contributed by atoms with Crippen molar-refractivity contribution in [1.82, 2.24) is 4.57 Å². The summed E-state index contributed by atoms with van der Waals surface area (Å²) in [7, 11) is 0. The van der Waals surface area contributed by atoms with Crippen molar-refractivity contribution >= 4 is 60.8 Å². The summed E-state index contributed by atoms with van der Waals surface area (Å²) in [6, 6.07) is 105. The number of para-hydroxylation sites is 5. The largest absolute Gasteiger partial charge is 0.455 e. The maximum atomic E-state index is 6.39. The van der Waals surface area contributed by atoms with Gasteiger partial charge in [0.25, 0.3) is 0 Å². The van der Waals surface area contributed by atoms with E-state index in [4.69, 9.17) is 4.42 Å². The number of hydrogen-bond donors (Lipinski definition) is 0. The first-order valence-electron chi connectivity index (χ1n) is 25.6. The molecule has 2 aromatic heterocycles. The highest BCUT2D eigenvalue weighted by atomic mass is 16.3. The molecule has 0 bridgehead atoms. The zero-order valence-corrected chi connectivity index (χ0v) is 41.0. The second-order valence-electron chi connectivity index (χ2n) is 19.2. The molecule has 0 spiro atoms. The molecule has 14 aromatic rings. The predicted octanol–water partition coefficient (Wildman–Crippen LogP) is 20.2. The van der Waals surface area contributed by atoms with Gasteiger partial charge in [0.15, 0.2) is 0 Å². The van der Waals surface area contributed by atoms with Crippen LogP contribution in [0.2, 0.25) is 0 Å². The van der Waals surface area contributed by atoms with Gasteiger partial charge >= 0.3 is 0 Å². The molecule has 2 heterocycles. The van der Waals surface area contributed by atoms with Gasteiger partial charge in [0.1, 0.15) is 11.2 Å². The van der Waals surface area contributed by atoms with Crippen LogP contribution in [0, 0.1) is 0 Å². The number of benzene rings is 12. The molecular formula is C72H48N2O. The van der Waals surface area contributed by atoms with Crippen molar-refractivity contribution in [3.63, 3.8) is 0 Å². The second kappa shape index (κ2) is 18.6. The maximum absolute atomic E-state index is 6.39. The summed E-state index contributed by atoms with van der Waals surface area (Å²) >= 11 is 0. The number of hydrogen-bond acceptors (Lipinski definition) is 2. The van der Waals surface area contributed by atoms with Crippen molar-refractivity contribution in [2.75, 3.05) is 4.90 Å². The van der Waals surface area contributed by atoms with Crippen molar-refractivity contribution in [2.24, 2.45) is 0 Å². The van der Waals surface area contributed by atoms with Gasteiger partial charge < -0.3 is 13.9 Å². The van der Waals surface area contributed by atoms with E-state index in [0.29, 0.717) is 0 Å². The molecule has 352 valence electrons. The lowest BCUT2D eigenvalue weighted by molar-refractivity contribution is 0.670. The van der Waals surface area contributed by atoms with E-state index < -0.39 is 0 Å². The molecule has 14 rings (SSSR count). The molecule has 0 aliphatic rings. The number of nitrogens with zero attached hydrogens (tertiary/aromatic N) is 2. The average Bonchev–Trinajstić information content (AvgIpc) is 4.06. The quantitative estimate of drug-likeness (QED) is 0.136. The molecule has 0 saturated heterocycles. The zero-order chi connectivity index (χ0) is 49.7. The number of anilines is 3. The minimum atomic E-state index is 0.908. The van der Waals surface area contributed by atoms with E-state index in [1.807, 2.05) is 12.1 Å². The van der Waals surface area contributed by atoms with Gasteiger partial charge in [-0.2, -0.15) is 0 Å². The SMILES string of the molecule is c1ccc(-c2ccc(-c3ccc(N(c4ccc(-c5ccc(-c6cccc7c6oc6ccccc67)cc5)cc4)c4ccc(-c5cccc(-c6ccccc6-n6c7ccccc7c7ccccc76)c5)cc4)cc3)cc2)cc1. The third-order valence-corrected chi connectivity index (χ3v) is 14.9. The third kappa shape index (κ3) is 7.95. The number of fused-ring (bicyclic) bond motifs is 6. The lowest BCUT2D eigenvalue weighted by Gasteiger charge is -2.26. The van der Waals surface area contributed by atoms with Crippen LogP contribution in [-0.2, 0) is 0 Å². The topological polar surface area (TPSA) is 21.3 Å². The minimum Gasteiger partial charge on any atom is -0.455 e. The summed E-state index contributed by atoms with van der Waals surface area (Å²) in [6.45, 7) is 0. The lowest BCUT2D eigenvalue weighted by Crippen LogP contribution is -2.09. The average molecular weight is 957 g/mol. The molecule has 12 aromatic carbocycles. The van der Waals surface area contributed by atoms with Crippen molar-refractivity contribution < 1.29 is 4.42 Å². The number of furan rings is 1. The fourth-order valence-electron chi connectivity index (χ4n) is 11.1. The molecule has 0 atom stereocenters. The van der Waals surface area contributed by atoms with Gasteiger partial charge in [0.05, 0.1) is 16.7 Å². The highest BCUT2D eigenvalue weighted by molar-refractivity contribution is 6.11. The normalized spacial score (nSPS) is 11.5. The highest BCUT2D eigenvalue weighted by Crippen LogP contribution is 2.41. The Kier molecular flexibility index (Phi) is 10.8. The Morgan fingerprint density at radius 1 is 0.253 bits per heavy atom. The summed E-state index contributed by atoms with van der Waals surface area (Å²) in [6.07, 6.45) is 0. The van der Waals surface area contributed by atoms with Gasteiger partial charge in [-0.15, -0.1) is 0 Å². The molecule has 3 nitrogen and oxygen atoms in total. The molecule has 0 saturated carbocycles. The minimum absolute atomic E-state index is 0.908. The Balaban J connectivity index is 0.792. The van der Waals surface area contributed by atoms with Gasteiger partial charge in [0, 0.05) is 49.7 Å². The van der Waals surface area contributed by atoms with E-state index in [-0.39, 0.29) is 0 Å². The molecule has 0 amide bonds. The van der Waals surface area contributed by atoms with Crippen LogP contribution in [0.25, 0.3) is 116 Å². The van der Waals surface area contributed by atoms with Crippen LogP contribution >= 0.6 is 0 Å². The molecule has 3 heteroatoms. The summed E-state index contributed by atoms with van der Waals surface area (Å²) < 4.78 is 8.81. The van der Waals surface area contributed by atoms with Crippen molar-refractivity contribution in [3.8, 4) is 72.4 Å². The molecule has 0 N–H and O–H groups in total. The van der Waals surface area contributed by atoms with Crippen LogP contribution < -0.4 is 4.90 Å². The molecule has 0 fully saturated rings. The fourth-order valence-corrected chi connectivity index (χ4v) is 11.1. The van der Waals surface area contributed by atoms with E-state index >= 15 is 0 Å². The van der Waals surface area contributed by atoms with E-state index in [1.54, 1.807) is 0 Å². The fraction of sp³-hybridized carbons (Fsp3) is 0. The van der Waals surface area contributed by atoms with Crippen LogP contribution in [0.4, 0.5) is 17.1 Å². The lowest BCUT2D eigenvalue weighted by atomic mass is 9.97. The number of aromatic nitrogens is 1. The van der Waals surface area contributed by atoms with Gasteiger partial charge in [-0.05, 0) is 122 Å². The van der Waals surface area contributed by atoms with Crippen LogP contribution in [0.5, 0.6) is 0 Å². The van der Waals surface area contributed by atoms with Gasteiger partial charge in [-0.1, -0.05) is 224 Å². The van der Waals surface area contributed by atoms with Gasteiger partial charge in [-0.25, -0.2) is 0 Å². The van der Waals surface area contributed by atoms with Crippen LogP contribution in [0.1, 0.15) is 0 Å². The van der Waals surface area contributed by atoms with Gasteiger partial charge in [0.2, 0.25) is 0 Å². The zero-order valence-electron chi connectivity index (χ0n) is 41.0. The van der Waals surface area contributed by atoms with Crippen LogP contribution in [0.3, 0.4) is 0 Å². The maximum Gasteiger partial charge on any atom is 0.143 e. The van der Waals surface area contributed by atoms with Crippen LogP contribution in [-0.4, -0.2) is 4.57 Å². The standard InChI is InChI=1S/C72H48N2O/c1-2-14-49(15-3-1)50-28-30-51(31-29-50)53-36-42-59(43-37-53)73(60-44-38-54(39-45-60)52-32-34-56(35-33-52)63-22-13-23-67-66-21-7-11-27-71(66)75-72(63)67)61-46-40-55(41-47-61)57-16-12-17-58(48-57)62-18-4-8-24-68(62)74-69-25-9-5-19-64(69)65-20-6-10-26-70(65)74/h1-48H. The molecule has 75 heavy (non-hydrogen) atoms. The van der Waals surface area contributed by atoms with E-state index in [2.05, 4.69) is 289 Å². The Labute approximate surface area is 436 Å². The molecular weight excluding hydrogens is 909 g/mol. The third-order valence-electron chi connectivity index (χ3n) is 14.9. The summed E-state index contributed by atoms with van der Waals surface area (Å²) in [5.74, 6) is 0. The van der Waals surface area contributed by atoms with Crippen molar-refractivity contribution in [3.05, 3.63) is 291 Å². The predicted molar refractivity (Wildman–Crippen MR) is 315 cm³/mol. The molecule has 0 unspecified atom stereocenters. The Morgan fingerprint density at radius 3 is 1.23 bits per heavy atom. The Morgan fingerprint density at radius 2 is 0.640 bits per heavy atom. The van der Waals surface area contributed by atoms with E-state index in [1.165, 1.54) is 55.2 Å². The Bertz CT molecular complexity index is 4300. The van der Waals surface area contributed by atoms with Crippen molar-refractivity contribution in [1.29, 1.82) is 0 Å². The summed E-state index contributed by atoms with van der Waals surface area (Å²) in [5.41, 5.74) is 22.6. The first-order chi connectivity index (χ1) is 37.2. The molecule has 0 aliphatic heterocycles. The van der Waals surface area contributed by atoms with E-state index in [0.717, 1.165) is 78.1 Å².